The van der Waals surface area contributed by atoms with Gasteiger partial charge >= 0.3 is 0 Å². The molecule has 0 radical (unpaired) electrons. The lowest BCUT2D eigenvalue weighted by Gasteiger charge is -2.24. The highest BCUT2D eigenvalue weighted by atomic mass is 32.1. The number of aryl methyl sites for hydroxylation is 2. The maximum absolute atomic E-state index is 13.0. The second-order valence-corrected chi connectivity index (χ2v) is 8.21. The van der Waals surface area contributed by atoms with Crippen molar-refractivity contribution in [3.8, 4) is 10.6 Å². The van der Waals surface area contributed by atoms with Crippen LogP contribution in [0.3, 0.4) is 0 Å². The summed E-state index contributed by atoms with van der Waals surface area (Å²) in [5.41, 5.74) is 2.86. The van der Waals surface area contributed by atoms with E-state index in [9.17, 15) is 4.79 Å². The molecule has 4 nitrogen and oxygen atoms in total. The van der Waals surface area contributed by atoms with Crippen LogP contribution in [0, 0.1) is 19.8 Å². The first kappa shape index (κ1) is 18.1. The number of aromatic nitrogens is 1. The zero-order chi connectivity index (χ0) is 18.0. The third-order valence-corrected chi connectivity index (χ3v) is 6.14. The average Bonchev–Trinajstić information content (AvgIpc) is 3.17. The zero-order valence-electron chi connectivity index (χ0n) is 15.6. The van der Waals surface area contributed by atoms with E-state index in [4.69, 9.17) is 0 Å². The number of amides is 1. The summed E-state index contributed by atoms with van der Waals surface area (Å²) in [6, 6.07) is 7.91. The van der Waals surface area contributed by atoms with Crippen LogP contribution in [0.1, 0.15) is 34.3 Å². The molecule has 0 saturated carbocycles. The number of nitrogens with zero attached hydrogens (tertiary/aromatic N) is 3. The van der Waals surface area contributed by atoms with Crippen molar-refractivity contribution in [2.45, 2.75) is 27.2 Å². The van der Waals surface area contributed by atoms with Gasteiger partial charge in [-0.05, 0) is 58.8 Å². The molecule has 1 fully saturated rings. The number of hydrogen-bond donors (Lipinski definition) is 0. The van der Waals surface area contributed by atoms with Gasteiger partial charge in [-0.2, -0.15) is 0 Å². The predicted octanol–water partition coefficient (Wildman–Crippen LogP) is 3.84. The molecule has 1 amide bonds. The molecule has 25 heavy (non-hydrogen) atoms. The molecule has 1 aliphatic heterocycles. The van der Waals surface area contributed by atoms with Gasteiger partial charge in [0.1, 0.15) is 5.01 Å². The number of hydrogen-bond acceptors (Lipinski definition) is 4. The molecule has 0 N–H and O–H groups in total. The van der Waals surface area contributed by atoms with Gasteiger partial charge in [0, 0.05) is 35.6 Å². The van der Waals surface area contributed by atoms with Crippen molar-refractivity contribution in [3.05, 3.63) is 40.4 Å². The molecule has 1 aromatic heterocycles. The van der Waals surface area contributed by atoms with Crippen LogP contribution in [-0.2, 0) is 0 Å². The lowest BCUT2D eigenvalue weighted by atomic mass is 10.1. The number of rotatable bonds is 5. The minimum absolute atomic E-state index is 0.129. The minimum Gasteiger partial charge on any atom is -0.339 e. The van der Waals surface area contributed by atoms with E-state index < -0.39 is 0 Å². The van der Waals surface area contributed by atoms with Gasteiger partial charge in [0.2, 0.25) is 0 Å². The first-order valence-electron chi connectivity index (χ1n) is 9.00. The monoisotopic (exact) mass is 357 g/mol. The Morgan fingerprint density at radius 2 is 2.20 bits per heavy atom. The lowest BCUT2D eigenvalue weighted by molar-refractivity contribution is 0.0740. The van der Waals surface area contributed by atoms with Crippen LogP contribution >= 0.6 is 11.3 Å². The van der Waals surface area contributed by atoms with Crippen LogP contribution in [-0.4, -0.2) is 53.9 Å². The Morgan fingerprint density at radius 1 is 1.40 bits per heavy atom. The Balaban J connectivity index is 1.77. The van der Waals surface area contributed by atoms with Crippen LogP contribution in [0.5, 0.6) is 0 Å². The fraction of sp³-hybridized carbons (Fsp3) is 0.500. The summed E-state index contributed by atoms with van der Waals surface area (Å²) in [5, 5.41) is 0.991. The van der Waals surface area contributed by atoms with E-state index in [2.05, 4.69) is 30.8 Å². The van der Waals surface area contributed by atoms with E-state index in [0.717, 1.165) is 48.0 Å². The van der Waals surface area contributed by atoms with Crippen LogP contribution in [0.4, 0.5) is 0 Å². The highest BCUT2D eigenvalue weighted by Crippen LogP contribution is 2.28. The third-order valence-electron chi connectivity index (χ3n) is 5.02. The number of thiazole rings is 1. The summed E-state index contributed by atoms with van der Waals surface area (Å²) in [5.74, 6) is 0.713. The van der Waals surface area contributed by atoms with E-state index in [-0.39, 0.29) is 5.91 Å². The van der Waals surface area contributed by atoms with E-state index in [1.165, 1.54) is 11.3 Å². The largest absolute Gasteiger partial charge is 0.339 e. The SMILES string of the molecule is CCN(C[C@@H]1CCN(C)C1)C(=O)c1cccc(-c2nc(C)c(C)s2)c1. The molecule has 0 spiro atoms. The molecule has 0 bridgehead atoms. The predicted molar refractivity (Wildman–Crippen MR) is 104 cm³/mol. The van der Waals surface area contributed by atoms with Gasteiger partial charge in [-0.3, -0.25) is 4.79 Å². The van der Waals surface area contributed by atoms with Gasteiger partial charge in [-0.15, -0.1) is 11.3 Å². The van der Waals surface area contributed by atoms with Gasteiger partial charge in [0.25, 0.3) is 5.91 Å². The van der Waals surface area contributed by atoms with E-state index in [1.807, 2.05) is 36.1 Å². The summed E-state index contributed by atoms with van der Waals surface area (Å²) < 4.78 is 0. The topological polar surface area (TPSA) is 36.4 Å². The molecule has 0 unspecified atom stereocenters. The fourth-order valence-corrected chi connectivity index (χ4v) is 4.32. The Hall–Kier alpha value is -1.72. The van der Waals surface area contributed by atoms with Crippen molar-refractivity contribution in [1.29, 1.82) is 0 Å². The highest BCUT2D eigenvalue weighted by molar-refractivity contribution is 7.15. The normalized spacial score (nSPS) is 17.8. The van der Waals surface area contributed by atoms with E-state index in [1.54, 1.807) is 11.3 Å². The fourth-order valence-electron chi connectivity index (χ4n) is 3.41. The third kappa shape index (κ3) is 4.10. The molecule has 1 saturated heterocycles. The van der Waals surface area contributed by atoms with Crippen LogP contribution in [0.2, 0.25) is 0 Å². The molecule has 5 heteroatoms. The Morgan fingerprint density at radius 3 is 2.80 bits per heavy atom. The van der Waals surface area contributed by atoms with Gasteiger partial charge in [-0.25, -0.2) is 4.98 Å². The highest BCUT2D eigenvalue weighted by Gasteiger charge is 2.24. The first-order chi connectivity index (χ1) is 12.0. The zero-order valence-corrected chi connectivity index (χ0v) is 16.4. The molecule has 1 aliphatic rings. The Kier molecular flexibility index (Phi) is 5.54. The quantitative estimate of drug-likeness (QED) is 0.816. The standard InChI is InChI=1S/C20H27N3OS/c1-5-23(13-16-9-10-22(4)12-16)20(24)18-8-6-7-17(11-18)19-21-14(2)15(3)25-19/h6-8,11,16H,5,9-10,12-13H2,1-4H3/t16-/m1/s1. The molecule has 1 aromatic carbocycles. The van der Waals surface area contributed by atoms with Crippen LogP contribution < -0.4 is 0 Å². The van der Waals surface area contributed by atoms with Gasteiger partial charge in [-0.1, -0.05) is 12.1 Å². The van der Waals surface area contributed by atoms with Gasteiger partial charge < -0.3 is 9.80 Å². The van der Waals surface area contributed by atoms with Crippen molar-refractivity contribution in [2.24, 2.45) is 5.92 Å². The van der Waals surface area contributed by atoms with Crippen molar-refractivity contribution in [3.63, 3.8) is 0 Å². The van der Waals surface area contributed by atoms with Crippen molar-refractivity contribution >= 4 is 17.2 Å². The summed E-state index contributed by atoms with van der Waals surface area (Å²) in [7, 11) is 2.15. The van der Waals surface area contributed by atoms with Crippen LogP contribution in [0.15, 0.2) is 24.3 Å². The number of carbonyl (C=O) groups is 1. The van der Waals surface area contributed by atoms with Crippen molar-refractivity contribution in [2.75, 3.05) is 33.2 Å². The van der Waals surface area contributed by atoms with E-state index in [0.29, 0.717) is 5.92 Å². The number of benzene rings is 1. The molecule has 3 rings (SSSR count). The summed E-state index contributed by atoms with van der Waals surface area (Å²) in [6.07, 6.45) is 1.18. The second kappa shape index (κ2) is 7.67. The Bertz CT molecular complexity index is 736. The number of carbonyl (C=O) groups excluding carboxylic acids is 1. The van der Waals surface area contributed by atoms with Crippen molar-refractivity contribution in [1.82, 2.24) is 14.8 Å². The molecule has 134 valence electrons. The molecule has 2 heterocycles. The summed E-state index contributed by atoms with van der Waals surface area (Å²) >= 11 is 1.69. The van der Waals surface area contributed by atoms with E-state index >= 15 is 0 Å². The maximum Gasteiger partial charge on any atom is 0.253 e. The average molecular weight is 358 g/mol. The molecule has 1 atom stereocenters. The summed E-state index contributed by atoms with van der Waals surface area (Å²) in [6.45, 7) is 9.99. The minimum atomic E-state index is 0.129. The number of likely N-dealkylation sites (tertiary alicyclic amines) is 1. The summed E-state index contributed by atoms with van der Waals surface area (Å²) in [4.78, 5) is 23.2. The Labute approximate surface area is 154 Å². The lowest BCUT2D eigenvalue weighted by Crippen LogP contribution is -2.36. The van der Waals surface area contributed by atoms with Crippen LogP contribution in [0.25, 0.3) is 10.6 Å². The van der Waals surface area contributed by atoms with Gasteiger partial charge in [0.15, 0.2) is 0 Å². The van der Waals surface area contributed by atoms with Gasteiger partial charge in [0.05, 0.1) is 5.69 Å². The second-order valence-electron chi connectivity index (χ2n) is 7.00. The molecular formula is C20H27N3OS. The van der Waals surface area contributed by atoms with Crippen molar-refractivity contribution < 1.29 is 4.79 Å². The molecular weight excluding hydrogens is 330 g/mol. The first-order valence-corrected chi connectivity index (χ1v) is 9.82. The smallest absolute Gasteiger partial charge is 0.253 e. The molecule has 0 aliphatic carbocycles. The molecule has 2 aromatic rings. The maximum atomic E-state index is 13.0.